The first-order valence-corrected chi connectivity index (χ1v) is 6.86. The lowest BCUT2D eigenvalue weighted by atomic mass is 10.2. The van der Waals surface area contributed by atoms with Gasteiger partial charge in [0.25, 0.3) is 5.89 Å². The Bertz CT molecular complexity index is 1050. The van der Waals surface area contributed by atoms with Gasteiger partial charge in [-0.15, -0.1) is 0 Å². The molecule has 7 heteroatoms. The molecule has 23 heavy (non-hydrogen) atoms. The quantitative estimate of drug-likeness (QED) is 0.578. The van der Waals surface area contributed by atoms with Crippen molar-refractivity contribution in [3.63, 3.8) is 0 Å². The van der Waals surface area contributed by atoms with Crippen molar-refractivity contribution >= 4 is 23.3 Å². The molecular formula is C16H11N3O4. The van der Waals surface area contributed by atoms with Crippen LogP contribution in [0, 0.1) is 0 Å². The minimum absolute atomic E-state index is 0.353. The lowest BCUT2D eigenvalue weighted by molar-refractivity contribution is 0.411. The molecular weight excluding hydrogens is 298 g/mol. The first-order chi connectivity index (χ1) is 11.2. The summed E-state index contributed by atoms with van der Waals surface area (Å²) >= 11 is 0. The van der Waals surface area contributed by atoms with Crippen molar-refractivity contribution in [1.29, 1.82) is 0 Å². The highest BCUT2D eigenvalue weighted by Crippen LogP contribution is 2.22. The number of hydrogen-bond acceptors (Lipinski definition) is 6. The summed E-state index contributed by atoms with van der Waals surface area (Å²) in [6, 6.07) is 8.91. The van der Waals surface area contributed by atoms with Gasteiger partial charge in [0, 0.05) is 18.7 Å². The van der Waals surface area contributed by atoms with Gasteiger partial charge in [-0.25, -0.2) is 4.79 Å². The lowest BCUT2D eigenvalue weighted by Crippen LogP contribution is -2.08. The molecule has 0 radical (unpaired) electrons. The number of fused-ring (bicyclic) bond motifs is 1. The van der Waals surface area contributed by atoms with Crippen LogP contribution in [0.15, 0.2) is 54.7 Å². The maximum absolute atomic E-state index is 11.5. The van der Waals surface area contributed by atoms with Gasteiger partial charge in [-0.05, 0) is 36.4 Å². The maximum atomic E-state index is 11.5. The highest BCUT2D eigenvalue weighted by atomic mass is 16.5. The maximum Gasteiger partial charge on any atom is 0.419 e. The molecule has 0 aliphatic heterocycles. The van der Waals surface area contributed by atoms with Crippen LogP contribution in [-0.2, 0) is 7.05 Å². The SMILES string of the molecule is Cn1c(=O)oc2cc(-c3noc(C=Cc4ccco4)n3)ccc21. The van der Waals surface area contributed by atoms with E-state index in [2.05, 4.69) is 10.1 Å². The normalized spacial score (nSPS) is 11.7. The van der Waals surface area contributed by atoms with Crippen LogP contribution in [0.5, 0.6) is 0 Å². The van der Waals surface area contributed by atoms with Gasteiger partial charge in [0.2, 0.25) is 5.82 Å². The number of hydrogen-bond donors (Lipinski definition) is 0. The fourth-order valence-electron chi connectivity index (χ4n) is 2.23. The second-order valence-electron chi connectivity index (χ2n) is 4.91. The van der Waals surface area contributed by atoms with Gasteiger partial charge < -0.3 is 13.4 Å². The molecule has 0 saturated carbocycles. The van der Waals surface area contributed by atoms with Gasteiger partial charge in [-0.1, -0.05) is 5.16 Å². The smallest absolute Gasteiger partial charge is 0.419 e. The highest BCUT2D eigenvalue weighted by molar-refractivity contribution is 5.78. The monoisotopic (exact) mass is 309 g/mol. The summed E-state index contributed by atoms with van der Waals surface area (Å²) in [4.78, 5) is 15.8. The number of aryl methyl sites for hydroxylation is 1. The van der Waals surface area contributed by atoms with E-state index in [1.54, 1.807) is 43.7 Å². The number of oxazole rings is 1. The summed E-state index contributed by atoms with van der Waals surface area (Å²) in [5, 5.41) is 3.93. The van der Waals surface area contributed by atoms with Gasteiger partial charge in [0.1, 0.15) is 5.76 Å². The van der Waals surface area contributed by atoms with E-state index >= 15 is 0 Å². The van der Waals surface area contributed by atoms with E-state index in [1.807, 2.05) is 12.1 Å². The predicted octanol–water partition coefficient (Wildman–Crippen LogP) is 2.94. The standard InChI is InChI=1S/C16H11N3O4/c1-19-12-6-4-10(9-13(12)22-16(19)20)15-17-14(23-18-15)7-5-11-3-2-8-21-11/h2-9H,1H3. The van der Waals surface area contributed by atoms with Gasteiger partial charge in [-0.2, -0.15) is 4.98 Å². The average molecular weight is 309 g/mol. The molecule has 0 atom stereocenters. The molecule has 0 saturated heterocycles. The van der Waals surface area contributed by atoms with Crippen molar-refractivity contribution in [3.05, 3.63) is 58.8 Å². The van der Waals surface area contributed by atoms with Crippen molar-refractivity contribution in [1.82, 2.24) is 14.7 Å². The molecule has 1 aromatic carbocycles. The Morgan fingerprint density at radius 1 is 1.22 bits per heavy atom. The summed E-state index contributed by atoms with van der Waals surface area (Å²) in [6.45, 7) is 0. The Morgan fingerprint density at radius 2 is 2.13 bits per heavy atom. The van der Waals surface area contributed by atoms with Crippen LogP contribution in [0.1, 0.15) is 11.7 Å². The molecule has 4 aromatic rings. The Hall–Kier alpha value is -3.35. The Balaban J connectivity index is 1.67. The summed E-state index contributed by atoms with van der Waals surface area (Å²) in [5.74, 6) is 1.05. The van der Waals surface area contributed by atoms with E-state index < -0.39 is 5.76 Å². The van der Waals surface area contributed by atoms with Gasteiger partial charge in [0.15, 0.2) is 5.58 Å². The summed E-state index contributed by atoms with van der Waals surface area (Å²) in [7, 11) is 1.65. The zero-order chi connectivity index (χ0) is 15.8. The van der Waals surface area contributed by atoms with Crippen LogP contribution < -0.4 is 5.76 Å². The predicted molar refractivity (Wildman–Crippen MR) is 82.4 cm³/mol. The fraction of sp³-hybridized carbons (Fsp3) is 0.0625. The van der Waals surface area contributed by atoms with E-state index in [1.165, 1.54) is 4.57 Å². The topological polar surface area (TPSA) is 87.2 Å². The minimum atomic E-state index is -0.410. The highest BCUT2D eigenvalue weighted by Gasteiger charge is 2.11. The summed E-state index contributed by atoms with van der Waals surface area (Å²) in [6.07, 6.45) is 4.98. The summed E-state index contributed by atoms with van der Waals surface area (Å²) < 4.78 is 17.0. The molecule has 0 bridgehead atoms. The number of furan rings is 1. The minimum Gasteiger partial charge on any atom is -0.465 e. The molecule has 0 spiro atoms. The largest absolute Gasteiger partial charge is 0.465 e. The zero-order valence-corrected chi connectivity index (χ0v) is 12.1. The summed E-state index contributed by atoms with van der Waals surface area (Å²) in [5.41, 5.74) is 1.89. The van der Waals surface area contributed by atoms with Gasteiger partial charge in [0.05, 0.1) is 11.8 Å². The molecule has 0 fully saturated rings. The van der Waals surface area contributed by atoms with Crippen LogP contribution in [-0.4, -0.2) is 14.7 Å². The molecule has 0 aliphatic rings. The first kappa shape index (κ1) is 13.3. The lowest BCUT2D eigenvalue weighted by Gasteiger charge is -1.94. The molecule has 7 nitrogen and oxygen atoms in total. The second-order valence-corrected chi connectivity index (χ2v) is 4.91. The van der Waals surface area contributed by atoms with Crippen molar-refractivity contribution in [3.8, 4) is 11.4 Å². The number of aromatic nitrogens is 3. The number of nitrogens with zero attached hydrogens (tertiary/aromatic N) is 3. The van der Waals surface area contributed by atoms with Crippen molar-refractivity contribution in [2.45, 2.75) is 0 Å². The van der Waals surface area contributed by atoms with Crippen molar-refractivity contribution in [2.24, 2.45) is 7.05 Å². The zero-order valence-electron chi connectivity index (χ0n) is 12.1. The molecule has 3 heterocycles. The van der Waals surface area contributed by atoms with Crippen LogP contribution in [0.4, 0.5) is 0 Å². The molecule has 0 N–H and O–H groups in total. The average Bonchev–Trinajstić information content (AvgIpc) is 3.27. The molecule has 0 unspecified atom stereocenters. The molecule has 0 aliphatic carbocycles. The van der Waals surface area contributed by atoms with E-state index in [9.17, 15) is 4.79 Å². The van der Waals surface area contributed by atoms with E-state index in [4.69, 9.17) is 13.4 Å². The molecule has 0 amide bonds. The van der Waals surface area contributed by atoms with Crippen LogP contribution in [0.25, 0.3) is 34.6 Å². The van der Waals surface area contributed by atoms with Crippen molar-refractivity contribution < 1.29 is 13.4 Å². The number of benzene rings is 1. The Labute approximate surface area is 129 Å². The van der Waals surface area contributed by atoms with Gasteiger partial charge >= 0.3 is 5.76 Å². The molecule has 4 rings (SSSR count). The molecule has 3 aromatic heterocycles. The van der Waals surface area contributed by atoms with E-state index in [-0.39, 0.29) is 0 Å². The van der Waals surface area contributed by atoms with Crippen LogP contribution in [0.2, 0.25) is 0 Å². The Morgan fingerprint density at radius 3 is 2.96 bits per heavy atom. The third kappa shape index (κ3) is 2.38. The Kier molecular flexibility index (Phi) is 2.97. The number of rotatable bonds is 3. The fourth-order valence-corrected chi connectivity index (χ4v) is 2.23. The van der Waals surface area contributed by atoms with Crippen molar-refractivity contribution in [2.75, 3.05) is 0 Å². The second kappa shape index (κ2) is 5.13. The third-order valence-corrected chi connectivity index (χ3v) is 3.43. The van der Waals surface area contributed by atoms with E-state index in [0.29, 0.717) is 34.1 Å². The van der Waals surface area contributed by atoms with Crippen LogP contribution >= 0.6 is 0 Å². The molecule has 114 valence electrons. The third-order valence-electron chi connectivity index (χ3n) is 3.43. The van der Waals surface area contributed by atoms with Crippen LogP contribution in [0.3, 0.4) is 0 Å². The van der Waals surface area contributed by atoms with E-state index in [0.717, 1.165) is 0 Å². The first-order valence-electron chi connectivity index (χ1n) is 6.86. The van der Waals surface area contributed by atoms with Gasteiger partial charge in [-0.3, -0.25) is 4.57 Å².